The summed E-state index contributed by atoms with van der Waals surface area (Å²) in [5, 5.41) is 3.42. The van der Waals surface area contributed by atoms with Gasteiger partial charge in [-0.3, -0.25) is 0 Å². The lowest BCUT2D eigenvalue weighted by Crippen LogP contribution is -2.28. The third-order valence-corrected chi connectivity index (χ3v) is 3.64. The van der Waals surface area contributed by atoms with Crippen molar-refractivity contribution in [1.82, 2.24) is 15.3 Å². The average Bonchev–Trinajstić information content (AvgIpc) is 2.73. The molecule has 0 unspecified atom stereocenters. The number of benzene rings is 1. The number of piperidine rings is 1. The Labute approximate surface area is 103 Å². The third-order valence-electron chi connectivity index (χ3n) is 3.15. The van der Waals surface area contributed by atoms with E-state index in [0.717, 1.165) is 34.4 Å². The molecule has 1 aliphatic rings. The van der Waals surface area contributed by atoms with E-state index >= 15 is 0 Å². The van der Waals surface area contributed by atoms with E-state index in [1.807, 2.05) is 6.07 Å². The van der Waals surface area contributed by atoms with Gasteiger partial charge in [-0.1, -0.05) is 15.9 Å². The van der Waals surface area contributed by atoms with Crippen LogP contribution in [-0.2, 0) is 0 Å². The van der Waals surface area contributed by atoms with Crippen LogP contribution < -0.4 is 5.32 Å². The molecule has 0 amide bonds. The van der Waals surface area contributed by atoms with Crippen LogP contribution in [0.25, 0.3) is 11.0 Å². The Hall–Kier alpha value is -0.870. The van der Waals surface area contributed by atoms with Crippen molar-refractivity contribution in [2.24, 2.45) is 0 Å². The second-order valence-electron chi connectivity index (χ2n) is 4.33. The van der Waals surface area contributed by atoms with Crippen LogP contribution >= 0.6 is 15.9 Å². The number of hydrogen-bond acceptors (Lipinski definition) is 2. The topological polar surface area (TPSA) is 40.7 Å². The minimum absolute atomic E-state index is 0.542. The highest BCUT2D eigenvalue weighted by molar-refractivity contribution is 9.10. The van der Waals surface area contributed by atoms with Gasteiger partial charge in [-0.2, -0.15) is 0 Å². The number of aromatic nitrogens is 2. The predicted molar refractivity (Wildman–Crippen MR) is 68.6 cm³/mol. The highest BCUT2D eigenvalue weighted by atomic mass is 79.9. The maximum absolute atomic E-state index is 4.66. The van der Waals surface area contributed by atoms with E-state index in [0.29, 0.717) is 5.92 Å². The van der Waals surface area contributed by atoms with Crippen molar-refractivity contribution in [2.75, 3.05) is 13.1 Å². The molecule has 1 fully saturated rings. The first-order chi connectivity index (χ1) is 7.83. The highest BCUT2D eigenvalue weighted by Crippen LogP contribution is 2.24. The van der Waals surface area contributed by atoms with E-state index < -0.39 is 0 Å². The van der Waals surface area contributed by atoms with Gasteiger partial charge in [-0.15, -0.1) is 0 Å². The van der Waals surface area contributed by atoms with Crippen LogP contribution in [0.4, 0.5) is 0 Å². The molecule has 0 saturated carbocycles. The molecule has 84 valence electrons. The summed E-state index contributed by atoms with van der Waals surface area (Å²) < 4.78 is 1.09. The van der Waals surface area contributed by atoms with Gasteiger partial charge in [0.1, 0.15) is 5.82 Å². The van der Waals surface area contributed by atoms with E-state index in [1.54, 1.807) is 0 Å². The first-order valence-corrected chi connectivity index (χ1v) is 6.48. The van der Waals surface area contributed by atoms with Crippen molar-refractivity contribution in [3.63, 3.8) is 0 Å². The van der Waals surface area contributed by atoms with Crippen LogP contribution in [0, 0.1) is 0 Å². The summed E-state index contributed by atoms with van der Waals surface area (Å²) >= 11 is 3.48. The molecule has 1 aliphatic heterocycles. The lowest BCUT2D eigenvalue weighted by molar-refractivity contribution is 0.449. The molecule has 0 bridgehead atoms. The van der Waals surface area contributed by atoms with Crippen molar-refractivity contribution in [1.29, 1.82) is 0 Å². The standard InChI is InChI=1S/C12H14BrN3/c13-9-3-4-10-11(6-9)16-12(15-10)8-2-1-5-14-7-8/h3-4,6,8,14H,1-2,5,7H2,(H,15,16)/t8-/m1/s1. The van der Waals surface area contributed by atoms with Crippen molar-refractivity contribution in [3.05, 3.63) is 28.5 Å². The normalized spacial score (nSPS) is 21.4. The number of aromatic amines is 1. The molecule has 1 saturated heterocycles. The molecule has 3 rings (SSSR count). The smallest absolute Gasteiger partial charge is 0.111 e. The van der Waals surface area contributed by atoms with Crippen molar-refractivity contribution < 1.29 is 0 Å². The average molecular weight is 280 g/mol. The van der Waals surface area contributed by atoms with Gasteiger partial charge < -0.3 is 10.3 Å². The summed E-state index contributed by atoms with van der Waals surface area (Å²) in [5.41, 5.74) is 2.18. The Balaban J connectivity index is 1.97. The predicted octanol–water partition coefficient (Wildman–Crippen LogP) is 2.79. The Morgan fingerprint density at radius 1 is 1.38 bits per heavy atom. The number of halogens is 1. The number of imidazole rings is 1. The fourth-order valence-corrected chi connectivity index (χ4v) is 2.64. The first kappa shape index (κ1) is 10.3. The van der Waals surface area contributed by atoms with Crippen molar-refractivity contribution in [3.8, 4) is 0 Å². The molecule has 3 nitrogen and oxygen atoms in total. The van der Waals surface area contributed by atoms with Gasteiger partial charge in [-0.25, -0.2) is 4.98 Å². The molecule has 1 aromatic heterocycles. The molecule has 0 aliphatic carbocycles. The van der Waals surface area contributed by atoms with E-state index in [9.17, 15) is 0 Å². The Bertz CT molecular complexity index is 500. The minimum atomic E-state index is 0.542. The summed E-state index contributed by atoms with van der Waals surface area (Å²) in [7, 11) is 0. The van der Waals surface area contributed by atoms with Gasteiger partial charge in [0.15, 0.2) is 0 Å². The summed E-state index contributed by atoms with van der Waals surface area (Å²) in [6.45, 7) is 2.18. The number of nitrogens with zero attached hydrogens (tertiary/aromatic N) is 1. The zero-order valence-corrected chi connectivity index (χ0v) is 10.5. The molecule has 4 heteroatoms. The van der Waals surface area contributed by atoms with E-state index in [-0.39, 0.29) is 0 Å². The summed E-state index contributed by atoms with van der Waals surface area (Å²) in [6.07, 6.45) is 2.47. The first-order valence-electron chi connectivity index (χ1n) is 5.69. The van der Waals surface area contributed by atoms with Crippen LogP contribution in [0.15, 0.2) is 22.7 Å². The molecule has 2 heterocycles. The molecule has 1 aromatic carbocycles. The lowest BCUT2D eigenvalue weighted by Gasteiger charge is -2.20. The Morgan fingerprint density at radius 2 is 2.31 bits per heavy atom. The van der Waals surface area contributed by atoms with Gasteiger partial charge in [0.05, 0.1) is 11.0 Å². The minimum Gasteiger partial charge on any atom is -0.342 e. The van der Waals surface area contributed by atoms with Gasteiger partial charge in [0, 0.05) is 16.9 Å². The highest BCUT2D eigenvalue weighted by Gasteiger charge is 2.18. The summed E-state index contributed by atoms with van der Waals surface area (Å²) in [5.74, 6) is 1.67. The fourth-order valence-electron chi connectivity index (χ4n) is 2.28. The second-order valence-corrected chi connectivity index (χ2v) is 5.24. The van der Waals surface area contributed by atoms with Gasteiger partial charge in [-0.05, 0) is 37.6 Å². The maximum atomic E-state index is 4.66. The van der Waals surface area contributed by atoms with Crippen molar-refractivity contribution >= 4 is 27.0 Å². The van der Waals surface area contributed by atoms with Crippen LogP contribution in [0.2, 0.25) is 0 Å². The SMILES string of the molecule is Brc1ccc2nc([C@@H]3CCCNC3)[nH]c2c1. The van der Waals surface area contributed by atoms with E-state index in [1.165, 1.54) is 12.8 Å². The zero-order valence-electron chi connectivity index (χ0n) is 8.96. The quantitative estimate of drug-likeness (QED) is 0.843. The Kier molecular flexibility index (Phi) is 2.69. The third kappa shape index (κ3) is 1.87. The molecule has 1 atom stereocenters. The molecule has 2 aromatic rings. The fraction of sp³-hybridized carbons (Fsp3) is 0.417. The van der Waals surface area contributed by atoms with E-state index in [2.05, 4.69) is 43.3 Å². The number of H-pyrrole nitrogens is 1. The lowest BCUT2D eigenvalue weighted by atomic mass is 9.99. The van der Waals surface area contributed by atoms with Gasteiger partial charge in [0.2, 0.25) is 0 Å². The van der Waals surface area contributed by atoms with Gasteiger partial charge in [0.25, 0.3) is 0 Å². The Morgan fingerprint density at radius 3 is 3.12 bits per heavy atom. The molecule has 0 radical (unpaired) electrons. The molecule has 16 heavy (non-hydrogen) atoms. The van der Waals surface area contributed by atoms with Crippen LogP contribution in [0.5, 0.6) is 0 Å². The van der Waals surface area contributed by atoms with Crippen molar-refractivity contribution in [2.45, 2.75) is 18.8 Å². The van der Waals surface area contributed by atoms with Gasteiger partial charge >= 0.3 is 0 Å². The van der Waals surface area contributed by atoms with Crippen LogP contribution in [0.1, 0.15) is 24.6 Å². The second kappa shape index (κ2) is 4.18. The van der Waals surface area contributed by atoms with Crippen LogP contribution in [-0.4, -0.2) is 23.1 Å². The summed E-state index contributed by atoms with van der Waals surface area (Å²) in [4.78, 5) is 8.09. The number of rotatable bonds is 1. The monoisotopic (exact) mass is 279 g/mol. The van der Waals surface area contributed by atoms with Crippen LogP contribution in [0.3, 0.4) is 0 Å². The molecular formula is C12H14BrN3. The number of fused-ring (bicyclic) bond motifs is 1. The number of hydrogen-bond donors (Lipinski definition) is 2. The number of nitrogens with one attached hydrogen (secondary N) is 2. The molecule has 0 spiro atoms. The maximum Gasteiger partial charge on any atom is 0.111 e. The largest absolute Gasteiger partial charge is 0.342 e. The summed E-state index contributed by atoms with van der Waals surface area (Å²) in [6, 6.07) is 6.17. The zero-order chi connectivity index (χ0) is 11.0. The molecule has 2 N–H and O–H groups in total. The van der Waals surface area contributed by atoms with E-state index in [4.69, 9.17) is 0 Å². The molecular weight excluding hydrogens is 266 g/mol.